The number of sulfonamides is 1. The zero-order chi connectivity index (χ0) is 20.9. The first-order valence-corrected chi connectivity index (χ1v) is 10.0. The van der Waals surface area contributed by atoms with Gasteiger partial charge in [0.1, 0.15) is 11.3 Å². The number of methoxy groups -OCH3 is 1. The number of carbonyl (C=O) groups excluding carboxylic acids is 2. The molecule has 1 amide bonds. The molecule has 8 nitrogen and oxygen atoms in total. The maximum absolute atomic E-state index is 12.4. The first kappa shape index (κ1) is 21.4. The highest BCUT2D eigenvalue weighted by Gasteiger charge is 2.23. The molecule has 0 aromatic heterocycles. The molecule has 28 heavy (non-hydrogen) atoms. The predicted molar refractivity (Wildman–Crippen MR) is 104 cm³/mol. The van der Waals surface area contributed by atoms with Crippen LogP contribution in [0.25, 0.3) is 0 Å². The number of amides is 1. The van der Waals surface area contributed by atoms with Gasteiger partial charge in [0.05, 0.1) is 12.0 Å². The highest BCUT2D eigenvalue weighted by atomic mass is 32.2. The Bertz CT molecular complexity index is 970. The molecule has 9 heteroatoms. The maximum atomic E-state index is 12.4. The van der Waals surface area contributed by atoms with E-state index in [4.69, 9.17) is 14.6 Å². The Kier molecular flexibility index (Phi) is 6.76. The molecule has 0 aliphatic rings. The Morgan fingerprint density at radius 3 is 2.32 bits per heavy atom. The molecule has 3 N–H and O–H groups in total. The summed E-state index contributed by atoms with van der Waals surface area (Å²) in [7, 11) is -2.70. The summed E-state index contributed by atoms with van der Waals surface area (Å²) < 4.78 is 33.2. The molecule has 0 radical (unpaired) electrons. The fourth-order valence-corrected chi connectivity index (χ4v) is 2.91. The van der Waals surface area contributed by atoms with E-state index in [1.807, 2.05) is 19.1 Å². The second-order valence-corrected chi connectivity index (χ2v) is 7.56. The molecular weight excluding hydrogens is 384 g/mol. The summed E-state index contributed by atoms with van der Waals surface area (Å²) >= 11 is 0. The van der Waals surface area contributed by atoms with Gasteiger partial charge in [-0.2, -0.15) is 0 Å². The monoisotopic (exact) mass is 406 g/mol. The topological polar surface area (TPSA) is 125 Å². The summed E-state index contributed by atoms with van der Waals surface area (Å²) in [6, 6.07) is 10.8. The van der Waals surface area contributed by atoms with Crippen LogP contribution in [-0.4, -0.2) is 33.5 Å². The van der Waals surface area contributed by atoms with E-state index < -0.39 is 28.0 Å². The molecule has 0 heterocycles. The first-order chi connectivity index (χ1) is 13.2. The molecule has 0 spiro atoms. The molecule has 0 fully saturated rings. The predicted octanol–water partition coefficient (Wildman–Crippen LogP) is 2.09. The van der Waals surface area contributed by atoms with Crippen molar-refractivity contribution in [2.45, 2.75) is 31.3 Å². The van der Waals surface area contributed by atoms with E-state index in [0.717, 1.165) is 18.1 Å². The molecule has 0 unspecified atom stereocenters. The number of hydrogen-bond acceptors (Lipinski definition) is 6. The molecule has 2 aromatic carbocycles. The van der Waals surface area contributed by atoms with Gasteiger partial charge in [-0.05, 0) is 49.2 Å². The lowest BCUT2D eigenvalue weighted by molar-refractivity contribution is -0.123. The number of hydrogen-bond donors (Lipinski definition) is 2. The van der Waals surface area contributed by atoms with Crippen molar-refractivity contribution >= 4 is 27.6 Å². The average Bonchev–Trinajstić information content (AvgIpc) is 2.67. The van der Waals surface area contributed by atoms with Crippen molar-refractivity contribution < 1.29 is 27.5 Å². The Morgan fingerprint density at radius 1 is 1.14 bits per heavy atom. The quantitative estimate of drug-likeness (QED) is 0.678. The van der Waals surface area contributed by atoms with E-state index in [9.17, 15) is 18.0 Å². The number of esters is 1. The number of ether oxygens (including phenoxy) is 2. The van der Waals surface area contributed by atoms with Crippen LogP contribution in [0.4, 0.5) is 5.69 Å². The van der Waals surface area contributed by atoms with Crippen LogP contribution in [-0.2, 0) is 26.0 Å². The van der Waals surface area contributed by atoms with Crippen LogP contribution < -0.4 is 15.2 Å². The van der Waals surface area contributed by atoms with Crippen LogP contribution in [0.15, 0.2) is 47.4 Å². The van der Waals surface area contributed by atoms with Gasteiger partial charge < -0.3 is 14.8 Å². The standard InChI is InChI=1S/C19H22N2O6S/c1-4-13-5-7-14(8-6-13)21-18(22)12(2)27-19(23)16-11-15(28(20,24)25)9-10-17(16)26-3/h5-12H,4H2,1-3H3,(H,21,22)(H2,20,24,25)/t12-/m1/s1. The van der Waals surface area contributed by atoms with Gasteiger partial charge >= 0.3 is 5.97 Å². The van der Waals surface area contributed by atoms with Gasteiger partial charge in [0.15, 0.2) is 6.10 Å². The minimum Gasteiger partial charge on any atom is -0.496 e. The smallest absolute Gasteiger partial charge is 0.342 e. The summed E-state index contributed by atoms with van der Waals surface area (Å²) in [5.74, 6) is -1.34. The average molecular weight is 406 g/mol. The van der Waals surface area contributed by atoms with Crippen molar-refractivity contribution in [3.05, 3.63) is 53.6 Å². The zero-order valence-electron chi connectivity index (χ0n) is 15.8. The molecule has 2 aromatic rings. The fourth-order valence-electron chi connectivity index (χ4n) is 2.37. The van der Waals surface area contributed by atoms with E-state index in [2.05, 4.69) is 5.32 Å². The van der Waals surface area contributed by atoms with Crippen LogP contribution in [0.3, 0.4) is 0 Å². The number of carbonyl (C=O) groups is 2. The van der Waals surface area contributed by atoms with Gasteiger partial charge in [-0.15, -0.1) is 0 Å². The van der Waals surface area contributed by atoms with Crippen molar-refractivity contribution in [3.63, 3.8) is 0 Å². The number of anilines is 1. The molecule has 0 saturated heterocycles. The molecule has 2 rings (SSSR count). The maximum Gasteiger partial charge on any atom is 0.342 e. The van der Waals surface area contributed by atoms with E-state index in [1.54, 1.807) is 12.1 Å². The van der Waals surface area contributed by atoms with Gasteiger partial charge in [0.2, 0.25) is 10.0 Å². The molecular formula is C19H22N2O6S. The van der Waals surface area contributed by atoms with Crippen molar-refractivity contribution in [1.82, 2.24) is 0 Å². The molecule has 1 atom stereocenters. The SMILES string of the molecule is CCc1ccc(NC(=O)[C@@H](C)OC(=O)c2cc(S(N)(=O)=O)ccc2OC)cc1. The summed E-state index contributed by atoms with van der Waals surface area (Å²) in [5.41, 5.74) is 1.54. The summed E-state index contributed by atoms with van der Waals surface area (Å²) in [6.07, 6.45) is -0.247. The lowest BCUT2D eigenvalue weighted by Crippen LogP contribution is -2.30. The number of benzene rings is 2. The van der Waals surface area contributed by atoms with Crippen LogP contribution in [0, 0.1) is 0 Å². The van der Waals surface area contributed by atoms with Crippen LogP contribution >= 0.6 is 0 Å². The Morgan fingerprint density at radius 2 is 1.79 bits per heavy atom. The zero-order valence-corrected chi connectivity index (χ0v) is 16.6. The van der Waals surface area contributed by atoms with Gasteiger partial charge in [-0.25, -0.2) is 18.4 Å². The van der Waals surface area contributed by atoms with Gasteiger partial charge in [-0.3, -0.25) is 4.79 Å². The van der Waals surface area contributed by atoms with E-state index in [0.29, 0.717) is 5.69 Å². The van der Waals surface area contributed by atoms with Gasteiger partial charge in [0.25, 0.3) is 5.91 Å². The van der Waals surface area contributed by atoms with Crippen molar-refractivity contribution in [2.75, 3.05) is 12.4 Å². The second kappa shape index (κ2) is 8.85. The molecule has 150 valence electrons. The normalized spacial score (nSPS) is 12.1. The molecule has 0 saturated carbocycles. The van der Waals surface area contributed by atoms with Gasteiger partial charge in [0, 0.05) is 5.69 Å². The first-order valence-electron chi connectivity index (χ1n) is 8.47. The second-order valence-electron chi connectivity index (χ2n) is 5.99. The lowest BCUT2D eigenvalue weighted by atomic mass is 10.1. The molecule has 0 aliphatic heterocycles. The lowest BCUT2D eigenvalue weighted by Gasteiger charge is -2.15. The van der Waals surface area contributed by atoms with Crippen LogP contribution in [0.5, 0.6) is 5.75 Å². The highest BCUT2D eigenvalue weighted by molar-refractivity contribution is 7.89. The Labute approximate surface area is 163 Å². The number of aryl methyl sites for hydroxylation is 1. The van der Waals surface area contributed by atoms with Crippen molar-refractivity contribution in [2.24, 2.45) is 5.14 Å². The van der Waals surface area contributed by atoms with Crippen molar-refractivity contribution in [1.29, 1.82) is 0 Å². The Balaban J connectivity index is 2.13. The fraction of sp³-hybridized carbons (Fsp3) is 0.263. The Hall–Kier alpha value is -2.91. The summed E-state index contributed by atoms with van der Waals surface area (Å²) in [4.78, 5) is 24.4. The number of nitrogens with one attached hydrogen (secondary N) is 1. The van der Waals surface area contributed by atoms with E-state index >= 15 is 0 Å². The third kappa shape index (κ3) is 5.30. The largest absolute Gasteiger partial charge is 0.496 e. The van der Waals surface area contributed by atoms with Crippen molar-refractivity contribution in [3.8, 4) is 5.75 Å². The number of primary sulfonamides is 1. The van der Waals surface area contributed by atoms with Gasteiger partial charge in [-0.1, -0.05) is 19.1 Å². The summed E-state index contributed by atoms with van der Waals surface area (Å²) in [5, 5.41) is 7.74. The third-order valence-electron chi connectivity index (χ3n) is 4.00. The number of nitrogens with two attached hydrogens (primary N) is 1. The minimum atomic E-state index is -4.02. The minimum absolute atomic E-state index is 0.0974. The molecule has 0 aliphatic carbocycles. The summed E-state index contributed by atoms with van der Waals surface area (Å²) in [6.45, 7) is 3.43. The highest BCUT2D eigenvalue weighted by Crippen LogP contribution is 2.23. The van der Waals surface area contributed by atoms with E-state index in [1.165, 1.54) is 26.2 Å². The third-order valence-corrected chi connectivity index (χ3v) is 4.91. The number of rotatable bonds is 7. The van der Waals surface area contributed by atoms with E-state index in [-0.39, 0.29) is 16.2 Å². The molecule has 0 bridgehead atoms. The van der Waals surface area contributed by atoms with Crippen LogP contribution in [0.2, 0.25) is 0 Å². The van der Waals surface area contributed by atoms with Crippen LogP contribution in [0.1, 0.15) is 29.8 Å².